The van der Waals surface area contributed by atoms with Crippen molar-refractivity contribution >= 4 is 39.9 Å². The summed E-state index contributed by atoms with van der Waals surface area (Å²) in [7, 11) is 0. The minimum atomic E-state index is -0.533. The average molecular weight is 303 g/mol. The normalized spacial score (nSPS) is 10.7. The molecule has 0 aliphatic carbocycles. The van der Waals surface area contributed by atoms with Crippen LogP contribution in [0.2, 0.25) is 5.02 Å². The summed E-state index contributed by atoms with van der Waals surface area (Å²) in [6.07, 6.45) is 0. The van der Waals surface area contributed by atoms with Crippen LogP contribution in [-0.4, -0.2) is 15.9 Å². The first-order valence-corrected chi connectivity index (χ1v) is 6.49. The molecule has 106 valence electrons. The zero-order valence-corrected chi connectivity index (χ0v) is 11.5. The predicted octanol–water partition coefficient (Wildman–Crippen LogP) is 2.35. The molecule has 0 fully saturated rings. The third kappa shape index (κ3) is 2.61. The summed E-state index contributed by atoms with van der Waals surface area (Å²) >= 11 is 6.11. The number of hydrogen-bond acceptors (Lipinski definition) is 3. The van der Waals surface area contributed by atoms with Crippen LogP contribution >= 0.6 is 11.6 Å². The SMILES string of the molecule is NC(=O)c1ccc(Nc2ccc3[nH]c(=O)[nH]c3c2)c(Cl)c1. The smallest absolute Gasteiger partial charge is 0.323 e. The third-order valence-electron chi connectivity index (χ3n) is 3.05. The maximum atomic E-state index is 11.2. The van der Waals surface area contributed by atoms with Gasteiger partial charge in [0.05, 0.1) is 21.7 Å². The lowest BCUT2D eigenvalue weighted by Crippen LogP contribution is -2.10. The zero-order chi connectivity index (χ0) is 15.0. The van der Waals surface area contributed by atoms with E-state index in [1.807, 2.05) is 6.07 Å². The number of anilines is 2. The number of halogens is 1. The number of amides is 1. The highest BCUT2D eigenvalue weighted by molar-refractivity contribution is 6.33. The van der Waals surface area contributed by atoms with E-state index >= 15 is 0 Å². The van der Waals surface area contributed by atoms with Crippen molar-refractivity contribution in [2.75, 3.05) is 5.32 Å². The largest absolute Gasteiger partial charge is 0.366 e. The molecule has 3 rings (SSSR count). The van der Waals surface area contributed by atoms with Crippen molar-refractivity contribution in [2.45, 2.75) is 0 Å². The molecule has 0 unspecified atom stereocenters. The molecule has 1 amide bonds. The van der Waals surface area contributed by atoms with Crippen molar-refractivity contribution in [3.63, 3.8) is 0 Å². The van der Waals surface area contributed by atoms with Crippen molar-refractivity contribution in [3.05, 3.63) is 57.5 Å². The molecule has 7 heteroatoms. The third-order valence-corrected chi connectivity index (χ3v) is 3.36. The fourth-order valence-electron chi connectivity index (χ4n) is 2.04. The number of hydrogen-bond donors (Lipinski definition) is 4. The van der Waals surface area contributed by atoms with Crippen molar-refractivity contribution in [1.82, 2.24) is 9.97 Å². The average Bonchev–Trinajstić information content (AvgIpc) is 2.80. The van der Waals surface area contributed by atoms with Crippen molar-refractivity contribution in [2.24, 2.45) is 5.73 Å². The van der Waals surface area contributed by atoms with Crippen LogP contribution in [0.1, 0.15) is 10.4 Å². The standard InChI is InChI=1S/C14H11ClN4O2/c15-9-5-7(13(16)20)1-3-10(9)17-8-2-4-11-12(6-8)19-14(21)18-11/h1-6,17H,(H2,16,20)(H2,18,19,21). The zero-order valence-electron chi connectivity index (χ0n) is 10.7. The van der Waals surface area contributed by atoms with Gasteiger partial charge in [-0.25, -0.2) is 4.79 Å². The number of aromatic nitrogens is 2. The number of imidazole rings is 1. The molecular weight excluding hydrogens is 292 g/mol. The number of rotatable bonds is 3. The summed E-state index contributed by atoms with van der Waals surface area (Å²) in [6, 6.07) is 10.1. The van der Waals surface area contributed by atoms with Crippen LogP contribution < -0.4 is 16.7 Å². The second-order valence-electron chi connectivity index (χ2n) is 4.52. The van der Waals surface area contributed by atoms with Gasteiger partial charge in [0.2, 0.25) is 5.91 Å². The van der Waals surface area contributed by atoms with Crippen LogP contribution in [0.25, 0.3) is 11.0 Å². The van der Waals surface area contributed by atoms with Crippen LogP contribution in [0.15, 0.2) is 41.2 Å². The molecule has 21 heavy (non-hydrogen) atoms. The molecule has 0 atom stereocenters. The van der Waals surface area contributed by atoms with Crippen LogP contribution in [0.3, 0.4) is 0 Å². The Bertz CT molecular complexity index is 897. The first-order chi connectivity index (χ1) is 10.0. The predicted molar refractivity (Wildman–Crippen MR) is 82.2 cm³/mol. The number of nitrogens with one attached hydrogen (secondary N) is 3. The topological polar surface area (TPSA) is 104 Å². The number of carbonyl (C=O) groups excluding carboxylic acids is 1. The van der Waals surface area contributed by atoms with Gasteiger partial charge in [0.25, 0.3) is 0 Å². The van der Waals surface area contributed by atoms with Crippen LogP contribution in [0, 0.1) is 0 Å². The number of fused-ring (bicyclic) bond motifs is 1. The van der Waals surface area contributed by atoms with E-state index in [-0.39, 0.29) is 5.69 Å². The van der Waals surface area contributed by atoms with Gasteiger partial charge in [-0.3, -0.25) is 4.79 Å². The minimum absolute atomic E-state index is 0.258. The fourth-order valence-corrected chi connectivity index (χ4v) is 2.26. The molecule has 0 saturated carbocycles. The highest BCUT2D eigenvalue weighted by Gasteiger charge is 2.07. The maximum absolute atomic E-state index is 11.2. The fraction of sp³-hybridized carbons (Fsp3) is 0. The van der Waals surface area contributed by atoms with Gasteiger partial charge in [-0.15, -0.1) is 0 Å². The molecule has 0 aliphatic heterocycles. The summed E-state index contributed by atoms with van der Waals surface area (Å²) in [6.45, 7) is 0. The van der Waals surface area contributed by atoms with Crippen LogP contribution in [-0.2, 0) is 0 Å². The summed E-state index contributed by atoms with van der Waals surface area (Å²) < 4.78 is 0. The molecule has 0 saturated heterocycles. The Hall–Kier alpha value is -2.73. The molecule has 3 aromatic rings. The Morgan fingerprint density at radius 3 is 2.57 bits per heavy atom. The van der Waals surface area contributed by atoms with Crippen molar-refractivity contribution in [3.8, 4) is 0 Å². The highest BCUT2D eigenvalue weighted by Crippen LogP contribution is 2.27. The molecule has 0 bridgehead atoms. The Morgan fingerprint density at radius 1 is 1.10 bits per heavy atom. The van der Waals surface area contributed by atoms with Crippen molar-refractivity contribution in [1.29, 1.82) is 0 Å². The second-order valence-corrected chi connectivity index (χ2v) is 4.93. The Balaban J connectivity index is 1.94. The summed E-state index contributed by atoms with van der Waals surface area (Å²) in [5, 5.41) is 3.50. The van der Waals surface area contributed by atoms with E-state index in [4.69, 9.17) is 17.3 Å². The van der Waals surface area contributed by atoms with E-state index in [9.17, 15) is 9.59 Å². The van der Waals surface area contributed by atoms with Crippen molar-refractivity contribution < 1.29 is 4.79 Å². The first kappa shape index (κ1) is 13.3. The monoisotopic (exact) mass is 302 g/mol. The molecular formula is C14H11ClN4O2. The van der Waals surface area contributed by atoms with Gasteiger partial charge in [0.1, 0.15) is 0 Å². The van der Waals surface area contributed by atoms with Crippen LogP contribution in [0.4, 0.5) is 11.4 Å². The summed E-state index contributed by atoms with van der Waals surface area (Å²) in [5.74, 6) is -0.533. The number of carbonyl (C=O) groups is 1. The van der Waals surface area contributed by atoms with Gasteiger partial charge in [-0.2, -0.15) is 0 Å². The van der Waals surface area contributed by atoms with E-state index in [2.05, 4.69) is 15.3 Å². The summed E-state index contributed by atoms with van der Waals surface area (Å²) in [4.78, 5) is 27.6. The molecule has 0 spiro atoms. The Kier molecular flexibility index (Phi) is 3.15. The van der Waals surface area contributed by atoms with Gasteiger partial charge in [-0.1, -0.05) is 11.6 Å². The van der Waals surface area contributed by atoms with E-state index in [1.165, 1.54) is 6.07 Å². The number of H-pyrrole nitrogens is 2. The molecule has 6 nitrogen and oxygen atoms in total. The number of nitrogens with two attached hydrogens (primary N) is 1. The van der Waals surface area contributed by atoms with E-state index in [0.29, 0.717) is 21.8 Å². The minimum Gasteiger partial charge on any atom is -0.366 e. The molecule has 1 aromatic heterocycles. The van der Waals surface area contributed by atoms with E-state index in [0.717, 1.165) is 11.2 Å². The molecule has 1 heterocycles. The lowest BCUT2D eigenvalue weighted by Gasteiger charge is -2.09. The molecule has 2 aromatic carbocycles. The number of aromatic amines is 2. The molecule has 0 aliphatic rings. The Labute approximate surface area is 123 Å². The van der Waals surface area contributed by atoms with Gasteiger partial charge in [0.15, 0.2) is 0 Å². The van der Waals surface area contributed by atoms with Crippen LogP contribution in [0.5, 0.6) is 0 Å². The first-order valence-electron chi connectivity index (χ1n) is 6.11. The molecule has 0 radical (unpaired) electrons. The van der Waals surface area contributed by atoms with E-state index in [1.54, 1.807) is 24.3 Å². The lowest BCUT2D eigenvalue weighted by atomic mass is 10.2. The summed E-state index contributed by atoms with van der Waals surface area (Å²) in [5.41, 5.74) is 8.09. The number of benzene rings is 2. The second kappa shape index (κ2) is 4.99. The Morgan fingerprint density at radius 2 is 1.86 bits per heavy atom. The number of primary amides is 1. The lowest BCUT2D eigenvalue weighted by molar-refractivity contribution is 0.100. The van der Waals surface area contributed by atoms with Gasteiger partial charge in [0, 0.05) is 11.3 Å². The molecule has 5 N–H and O–H groups in total. The maximum Gasteiger partial charge on any atom is 0.323 e. The van der Waals surface area contributed by atoms with Gasteiger partial charge < -0.3 is 21.0 Å². The highest BCUT2D eigenvalue weighted by atomic mass is 35.5. The quantitative estimate of drug-likeness (QED) is 0.597. The van der Waals surface area contributed by atoms with Gasteiger partial charge >= 0.3 is 5.69 Å². The van der Waals surface area contributed by atoms with Gasteiger partial charge in [-0.05, 0) is 36.4 Å². The van der Waals surface area contributed by atoms with E-state index < -0.39 is 5.91 Å².